The Morgan fingerprint density at radius 3 is 2.00 bits per heavy atom. The van der Waals surface area contributed by atoms with E-state index in [1.807, 2.05) is 0 Å². The molecule has 0 saturated heterocycles. The predicted octanol–water partition coefficient (Wildman–Crippen LogP) is 4.47. The maximum atomic E-state index is 11.9. The molecule has 0 unspecified atom stereocenters. The first-order chi connectivity index (χ1) is 17.2. The fourth-order valence-corrected chi connectivity index (χ4v) is 3.58. The maximum Gasteiger partial charge on any atom is 0.294 e. The molecule has 14 heteroatoms. The SMILES string of the molecule is O=[N+]([O-])c1cc([N+](=O)[O-])c(/C(=C(\O)c2ccc(Cl)cc2)n2c[n+](-c3ccccc3)cn2)c([N+](=O)[O-])c1. The molecule has 1 heterocycles. The molecule has 0 aliphatic rings. The first-order valence-corrected chi connectivity index (χ1v) is 10.4. The lowest BCUT2D eigenvalue weighted by Gasteiger charge is -2.09. The van der Waals surface area contributed by atoms with Gasteiger partial charge in [-0.2, -0.15) is 0 Å². The second kappa shape index (κ2) is 9.60. The average molecular weight is 510 g/mol. The van der Waals surface area contributed by atoms with Gasteiger partial charge in [-0.25, -0.2) is 4.57 Å². The highest BCUT2D eigenvalue weighted by Crippen LogP contribution is 2.41. The number of nitro groups is 3. The van der Waals surface area contributed by atoms with Gasteiger partial charge in [0.25, 0.3) is 23.4 Å². The summed E-state index contributed by atoms with van der Waals surface area (Å²) >= 11 is 5.92. The Hall–Kier alpha value is -5.17. The summed E-state index contributed by atoms with van der Waals surface area (Å²) < 4.78 is 2.52. The molecule has 0 spiro atoms. The Morgan fingerprint density at radius 1 is 0.889 bits per heavy atom. The average Bonchev–Trinajstić information content (AvgIpc) is 3.34. The summed E-state index contributed by atoms with van der Waals surface area (Å²) in [6.45, 7) is 0. The number of nitro benzene ring substituents is 3. The van der Waals surface area contributed by atoms with E-state index in [2.05, 4.69) is 5.10 Å². The summed E-state index contributed by atoms with van der Waals surface area (Å²) in [4.78, 5) is 32.2. The van der Waals surface area contributed by atoms with Gasteiger partial charge in [-0.1, -0.05) is 34.5 Å². The lowest BCUT2D eigenvalue weighted by Crippen LogP contribution is -2.27. The van der Waals surface area contributed by atoms with Crippen molar-refractivity contribution in [3.63, 3.8) is 0 Å². The maximum absolute atomic E-state index is 11.9. The van der Waals surface area contributed by atoms with Crippen molar-refractivity contribution < 1.29 is 24.4 Å². The molecule has 1 aromatic heterocycles. The quantitative estimate of drug-likeness (QED) is 0.125. The number of hydrogen-bond donors (Lipinski definition) is 1. The second-order valence-electron chi connectivity index (χ2n) is 7.27. The van der Waals surface area contributed by atoms with E-state index in [0.29, 0.717) is 22.8 Å². The van der Waals surface area contributed by atoms with Crippen molar-refractivity contribution in [2.75, 3.05) is 0 Å². The fourth-order valence-electron chi connectivity index (χ4n) is 3.46. The van der Waals surface area contributed by atoms with Gasteiger partial charge in [0.05, 0.1) is 26.9 Å². The van der Waals surface area contributed by atoms with Crippen LogP contribution in [0.5, 0.6) is 0 Å². The molecule has 0 amide bonds. The van der Waals surface area contributed by atoms with Crippen LogP contribution in [0, 0.1) is 30.3 Å². The number of rotatable bonds is 7. The molecule has 3 aromatic carbocycles. The van der Waals surface area contributed by atoms with E-state index in [1.54, 1.807) is 30.3 Å². The number of hydrogen-bond acceptors (Lipinski definition) is 8. The number of aromatic nitrogens is 3. The molecule has 0 radical (unpaired) electrons. The Labute approximate surface area is 206 Å². The van der Waals surface area contributed by atoms with E-state index in [-0.39, 0.29) is 5.56 Å². The third-order valence-electron chi connectivity index (χ3n) is 5.08. The van der Waals surface area contributed by atoms with E-state index < -0.39 is 48.9 Å². The van der Waals surface area contributed by atoms with Crippen LogP contribution in [0.25, 0.3) is 17.1 Å². The molecule has 36 heavy (non-hydrogen) atoms. The summed E-state index contributed by atoms with van der Waals surface area (Å²) in [6.07, 6.45) is 2.67. The molecule has 0 atom stereocenters. The molecule has 0 aliphatic carbocycles. The van der Waals surface area contributed by atoms with Crippen LogP contribution in [-0.2, 0) is 0 Å². The molecule has 4 aromatic rings. The van der Waals surface area contributed by atoms with Crippen LogP contribution in [0.1, 0.15) is 11.1 Å². The first-order valence-electron chi connectivity index (χ1n) is 10.00. The predicted molar refractivity (Wildman–Crippen MR) is 126 cm³/mol. The van der Waals surface area contributed by atoms with Gasteiger partial charge in [-0.05, 0) is 36.4 Å². The van der Waals surface area contributed by atoms with E-state index in [4.69, 9.17) is 11.6 Å². The van der Waals surface area contributed by atoms with Crippen molar-refractivity contribution in [1.29, 1.82) is 0 Å². The topological polar surface area (TPSA) is 171 Å². The number of non-ortho nitro benzene ring substituents is 1. The molecule has 180 valence electrons. The summed E-state index contributed by atoms with van der Waals surface area (Å²) in [5.41, 5.74) is -3.16. The minimum atomic E-state index is -1.00. The highest BCUT2D eigenvalue weighted by atomic mass is 35.5. The van der Waals surface area contributed by atoms with Gasteiger partial charge in [-0.15, -0.1) is 0 Å². The summed E-state index contributed by atoms with van der Waals surface area (Å²) in [7, 11) is 0. The van der Waals surface area contributed by atoms with Crippen LogP contribution < -0.4 is 4.57 Å². The number of nitrogens with zero attached hydrogens (tertiary/aromatic N) is 6. The number of aliphatic hydroxyl groups is 1. The molecule has 13 nitrogen and oxygen atoms in total. The molecular weight excluding hydrogens is 496 g/mol. The summed E-state index contributed by atoms with van der Waals surface area (Å²) in [5, 5.41) is 50.9. The van der Waals surface area contributed by atoms with Gasteiger partial charge in [0.1, 0.15) is 5.69 Å². The lowest BCUT2D eigenvalue weighted by molar-refractivity contribution is -0.596. The standard InChI is InChI=1S/C22H13ClN6O7/c23-15-8-6-14(7-9-15)22(30)21(26-13-25(12-24-26)16-4-2-1-3-5-16)20-18(28(33)34)10-17(27(31)32)11-19(20)29(35)36/h1-13H/p+1/b22-21+. The highest BCUT2D eigenvalue weighted by molar-refractivity contribution is 6.30. The van der Waals surface area contributed by atoms with Gasteiger partial charge in [0.2, 0.25) is 12.0 Å². The van der Waals surface area contributed by atoms with Gasteiger partial charge in [-0.3, -0.25) is 30.3 Å². The summed E-state index contributed by atoms with van der Waals surface area (Å²) in [5.74, 6) is -0.616. The molecular formula is C22H14ClN6O7+. The molecule has 0 fully saturated rings. The summed E-state index contributed by atoms with van der Waals surface area (Å²) in [6, 6.07) is 15.6. The molecule has 0 bridgehead atoms. The van der Waals surface area contributed by atoms with Gasteiger partial charge >= 0.3 is 0 Å². The highest BCUT2D eigenvalue weighted by Gasteiger charge is 2.38. The van der Waals surface area contributed by atoms with Crippen molar-refractivity contribution >= 4 is 40.1 Å². The van der Waals surface area contributed by atoms with Crippen LogP contribution in [0.4, 0.5) is 17.1 Å². The third kappa shape index (κ3) is 4.58. The van der Waals surface area contributed by atoms with Crippen LogP contribution in [0.15, 0.2) is 79.4 Å². The van der Waals surface area contributed by atoms with Crippen molar-refractivity contribution in [1.82, 2.24) is 9.78 Å². The molecule has 0 saturated carbocycles. The fraction of sp³-hybridized carbons (Fsp3) is 0. The van der Waals surface area contributed by atoms with Gasteiger partial charge in [0, 0.05) is 15.7 Å². The van der Waals surface area contributed by atoms with Crippen molar-refractivity contribution in [3.05, 3.63) is 126 Å². The van der Waals surface area contributed by atoms with Crippen molar-refractivity contribution in [3.8, 4) is 5.69 Å². The number of halogens is 1. The van der Waals surface area contributed by atoms with Crippen LogP contribution in [0.3, 0.4) is 0 Å². The van der Waals surface area contributed by atoms with Crippen LogP contribution >= 0.6 is 11.6 Å². The normalized spacial score (nSPS) is 11.6. The van der Waals surface area contributed by atoms with Gasteiger partial charge in [0.15, 0.2) is 11.3 Å². The van der Waals surface area contributed by atoms with Crippen LogP contribution in [-0.4, -0.2) is 29.7 Å². The molecule has 4 rings (SSSR count). The Balaban J connectivity index is 2.09. The Morgan fingerprint density at radius 2 is 1.47 bits per heavy atom. The van der Waals surface area contributed by atoms with E-state index >= 15 is 0 Å². The van der Waals surface area contributed by atoms with Gasteiger partial charge < -0.3 is 5.11 Å². The number of para-hydroxylation sites is 1. The minimum absolute atomic E-state index is 0.109. The van der Waals surface area contributed by atoms with Crippen molar-refractivity contribution in [2.24, 2.45) is 0 Å². The minimum Gasteiger partial charge on any atom is -0.504 e. The zero-order valence-electron chi connectivity index (χ0n) is 18.0. The largest absolute Gasteiger partial charge is 0.504 e. The van der Waals surface area contributed by atoms with Crippen molar-refractivity contribution in [2.45, 2.75) is 0 Å². The second-order valence-corrected chi connectivity index (χ2v) is 7.70. The first kappa shape index (κ1) is 24.0. The monoisotopic (exact) mass is 509 g/mol. The van der Waals surface area contributed by atoms with E-state index in [1.165, 1.54) is 41.5 Å². The third-order valence-corrected chi connectivity index (χ3v) is 5.33. The zero-order valence-corrected chi connectivity index (χ0v) is 18.7. The van der Waals surface area contributed by atoms with E-state index in [9.17, 15) is 35.4 Å². The zero-order chi connectivity index (χ0) is 26.0. The number of benzene rings is 3. The lowest BCUT2D eigenvalue weighted by atomic mass is 10.0. The van der Waals surface area contributed by atoms with E-state index in [0.717, 1.165) is 4.68 Å². The molecule has 1 N–H and O–H groups in total. The Bertz CT molecular complexity index is 1500. The molecule has 0 aliphatic heterocycles. The van der Waals surface area contributed by atoms with Crippen LogP contribution in [0.2, 0.25) is 5.02 Å². The Kier molecular flexibility index (Phi) is 6.39. The number of aliphatic hydroxyl groups excluding tert-OH is 1. The smallest absolute Gasteiger partial charge is 0.294 e.